The summed E-state index contributed by atoms with van der Waals surface area (Å²) in [7, 11) is 4.01. The number of hydrogen-bond acceptors (Lipinski definition) is 22. The SMILES string of the molecule is COc1ccc(C(OC[C@H]2O[C@@H](n3cnc4c(OCCCCOc5nc(NC(=O)COc6ccccc6)nc6c5ncn6[C@H]5C[C@H](O)[C@@H](COC(c6ccccc6)(c6ccc(OC)cc6)c6ccc(OC)cc6)O5)nc(NC(=O)COc5ccccc5)nc43)C[C@@H]2O[Si](C)(C)C(C)(C)C)(c2ccccc2)c2ccc(OC)cc2)cc1. The Morgan fingerprint density at radius 1 is 0.452 bits per heavy atom. The molecule has 0 aliphatic carbocycles. The van der Waals surface area contributed by atoms with E-state index >= 15 is 0 Å². The second kappa shape index (κ2) is 35.7. The van der Waals surface area contributed by atoms with Crippen molar-refractivity contribution in [3.63, 3.8) is 0 Å². The molecule has 2 aliphatic rings. The first-order chi connectivity index (χ1) is 55.8. The zero-order chi connectivity index (χ0) is 80.1. The number of nitrogens with one attached hydrogen (secondary N) is 2. The number of ether oxygens (including phenoxy) is 12. The van der Waals surface area contributed by atoms with Crippen molar-refractivity contribution >= 4 is 54.4 Å². The summed E-state index contributed by atoms with van der Waals surface area (Å²) in [6.07, 6.45) is 0.0252. The number of fused-ring (bicyclic) bond motifs is 2. The highest BCUT2D eigenvalue weighted by Crippen LogP contribution is 2.48. The minimum Gasteiger partial charge on any atom is -0.497 e. The molecule has 12 aromatic rings. The fourth-order valence-corrected chi connectivity index (χ4v) is 15.4. The van der Waals surface area contributed by atoms with Crippen molar-refractivity contribution in [3.05, 3.63) is 264 Å². The van der Waals surface area contributed by atoms with Gasteiger partial charge in [-0.1, -0.05) is 166 Å². The fourth-order valence-electron chi connectivity index (χ4n) is 14.0. The van der Waals surface area contributed by atoms with Crippen molar-refractivity contribution in [3.8, 4) is 46.3 Å². The highest BCUT2D eigenvalue weighted by Gasteiger charge is 2.49. The summed E-state index contributed by atoms with van der Waals surface area (Å²) in [6, 6.07) is 69.1. The molecule has 2 aliphatic heterocycles. The summed E-state index contributed by atoms with van der Waals surface area (Å²) >= 11 is 0. The van der Waals surface area contributed by atoms with Gasteiger partial charge in [-0.05, 0) is 137 Å². The zero-order valence-corrected chi connectivity index (χ0v) is 66.6. The Hall–Kier alpha value is -11.8. The molecular weight excluding hydrogens is 1480 g/mol. The van der Waals surface area contributed by atoms with E-state index in [1.807, 2.05) is 174 Å². The number of carbonyl (C=O) groups is 2. The first-order valence-corrected chi connectivity index (χ1v) is 41.1. The number of aliphatic hydroxyl groups excluding tert-OH is 1. The van der Waals surface area contributed by atoms with Gasteiger partial charge < -0.3 is 66.4 Å². The molecule has 0 radical (unpaired) electrons. The van der Waals surface area contributed by atoms with Crippen LogP contribution in [0.25, 0.3) is 22.3 Å². The number of nitrogens with zero attached hydrogens (tertiary/aromatic N) is 8. The largest absolute Gasteiger partial charge is 0.497 e. The number of rotatable bonds is 35. The van der Waals surface area contributed by atoms with E-state index in [-0.39, 0.29) is 85.9 Å². The minimum absolute atomic E-state index is 0.0568. The monoisotopic (exact) mass is 1570 g/mol. The van der Waals surface area contributed by atoms with E-state index in [4.69, 9.17) is 86.2 Å². The molecule has 26 nitrogen and oxygen atoms in total. The maximum absolute atomic E-state index is 13.8. The number of aliphatic hydroxyl groups is 1. The molecule has 14 rings (SSSR count). The van der Waals surface area contributed by atoms with Gasteiger partial charge in [0.1, 0.15) is 70.4 Å². The number of imidazole rings is 2. The molecule has 4 aromatic heterocycles. The Labute approximate surface area is 668 Å². The van der Waals surface area contributed by atoms with Crippen molar-refractivity contribution in [2.75, 3.05) is 78.7 Å². The molecule has 8 aromatic carbocycles. The van der Waals surface area contributed by atoms with Crippen molar-refractivity contribution in [1.29, 1.82) is 0 Å². The molecule has 2 fully saturated rings. The molecule has 596 valence electrons. The van der Waals surface area contributed by atoms with Gasteiger partial charge >= 0.3 is 0 Å². The van der Waals surface area contributed by atoms with Crippen LogP contribution < -0.4 is 48.5 Å². The summed E-state index contributed by atoms with van der Waals surface area (Å²) in [5.74, 6) is 2.70. The summed E-state index contributed by atoms with van der Waals surface area (Å²) in [5.41, 5.74) is 3.85. The van der Waals surface area contributed by atoms with Crippen LogP contribution in [-0.4, -0.2) is 157 Å². The Balaban J connectivity index is 0.717. The van der Waals surface area contributed by atoms with Gasteiger partial charge in [0, 0.05) is 12.8 Å². The smallest absolute Gasteiger partial charge is 0.264 e. The Bertz CT molecular complexity index is 5110. The van der Waals surface area contributed by atoms with Gasteiger partial charge in [0.2, 0.25) is 23.7 Å². The number of para-hydroxylation sites is 2. The van der Waals surface area contributed by atoms with Crippen molar-refractivity contribution in [2.24, 2.45) is 0 Å². The Kier molecular flexibility index (Phi) is 24.8. The molecule has 2 amide bonds. The fraction of sp³-hybridized carbons (Fsp3) is 0.318. The van der Waals surface area contributed by atoms with Gasteiger partial charge in [-0.15, -0.1) is 0 Å². The molecule has 0 saturated carbocycles. The van der Waals surface area contributed by atoms with E-state index in [2.05, 4.69) is 61.6 Å². The third-order valence-corrected chi connectivity index (χ3v) is 25.6. The third kappa shape index (κ3) is 17.9. The third-order valence-electron chi connectivity index (χ3n) is 21.1. The number of hydrogen-bond donors (Lipinski definition) is 3. The van der Waals surface area contributed by atoms with Gasteiger partial charge in [-0.2, -0.15) is 19.9 Å². The topological polar surface area (TPSA) is 286 Å². The van der Waals surface area contributed by atoms with Crippen molar-refractivity contribution in [1.82, 2.24) is 39.0 Å². The van der Waals surface area contributed by atoms with Gasteiger partial charge in [0.15, 0.2) is 43.9 Å². The van der Waals surface area contributed by atoms with Crippen LogP contribution in [0.3, 0.4) is 0 Å². The lowest BCUT2D eigenvalue weighted by Gasteiger charge is -2.40. The van der Waals surface area contributed by atoms with Crippen LogP contribution in [0.5, 0.6) is 46.3 Å². The second-order valence-corrected chi connectivity index (χ2v) is 34.2. The molecule has 2 saturated heterocycles. The zero-order valence-electron chi connectivity index (χ0n) is 65.6. The molecule has 27 heteroatoms. The minimum atomic E-state index is -2.51. The molecule has 0 unspecified atom stereocenters. The summed E-state index contributed by atoms with van der Waals surface area (Å²) < 4.78 is 86.6. The number of benzene rings is 8. The average molecular weight is 1580 g/mol. The van der Waals surface area contributed by atoms with E-state index in [0.29, 0.717) is 64.9 Å². The lowest BCUT2D eigenvalue weighted by atomic mass is 9.80. The lowest BCUT2D eigenvalue weighted by Crippen LogP contribution is -2.47. The molecule has 115 heavy (non-hydrogen) atoms. The molecule has 0 bridgehead atoms. The number of amides is 2. The van der Waals surface area contributed by atoms with E-state index in [1.165, 1.54) is 0 Å². The van der Waals surface area contributed by atoms with Crippen LogP contribution in [0.15, 0.2) is 231 Å². The van der Waals surface area contributed by atoms with Gasteiger partial charge in [0.05, 0.1) is 79.7 Å². The van der Waals surface area contributed by atoms with Gasteiger partial charge in [0.25, 0.3) is 11.8 Å². The molecular formula is C88H94N10O16Si. The summed E-state index contributed by atoms with van der Waals surface area (Å²) in [5, 5.41) is 17.4. The quantitative estimate of drug-likeness (QED) is 0.0189. The van der Waals surface area contributed by atoms with E-state index in [1.54, 1.807) is 82.1 Å². The number of unbranched alkanes of at least 4 members (excludes halogenated alkanes) is 1. The number of aromatic nitrogens is 8. The maximum Gasteiger partial charge on any atom is 0.264 e. The number of methoxy groups -OCH3 is 4. The van der Waals surface area contributed by atoms with E-state index in [9.17, 15) is 14.7 Å². The van der Waals surface area contributed by atoms with Crippen molar-refractivity contribution in [2.45, 2.75) is 113 Å². The standard InChI is InChI=1S/C88H94N10O16Si/c1-86(2,3)115(8,9)114-71-51-77(113-73(71)53-111-88(59-26-16-11-17-27-59,62-36-44-66(104-6)45-37-62)63-38-46-67(105-7)47-39-63)98-57-90-79-81(98)94-85(92-75(101)55-109-69-30-20-13-21-31-69)96-83(79)107-49-23-22-48-106-82-78-80(93-84(95-82)91-74(100)54-108-68-28-18-12-19-29-68)97(56-89-78)76-50-70(99)72(112-76)52-110-87(58-24-14-10-15-25-58,60-32-40-64(102-4)41-33-60)61-34-42-65(103-5)43-35-61/h10-21,24-47,56-57,70-73,76-77,99H,22-23,48-55H2,1-9H3,(H,91,93,95,100)(H,92,94,96,101)/t70-,71-,72+,73+,76+,77+/m0/s1. The first kappa shape index (κ1) is 79.8. The molecule has 6 atom stereocenters. The maximum atomic E-state index is 13.8. The Morgan fingerprint density at radius 3 is 1.17 bits per heavy atom. The molecule has 6 heterocycles. The van der Waals surface area contributed by atoms with Crippen LogP contribution in [0.2, 0.25) is 18.1 Å². The Morgan fingerprint density at radius 2 is 0.800 bits per heavy atom. The highest BCUT2D eigenvalue weighted by molar-refractivity contribution is 6.74. The second-order valence-electron chi connectivity index (χ2n) is 29.4. The van der Waals surface area contributed by atoms with Crippen LogP contribution in [-0.2, 0) is 44.2 Å². The molecule has 3 N–H and O–H groups in total. The van der Waals surface area contributed by atoms with Crippen molar-refractivity contribution < 1.29 is 76.0 Å². The molecule has 0 spiro atoms. The van der Waals surface area contributed by atoms with E-state index in [0.717, 1.165) is 33.4 Å². The number of anilines is 2. The first-order valence-electron chi connectivity index (χ1n) is 38.2. The van der Waals surface area contributed by atoms with Gasteiger partial charge in [-0.3, -0.25) is 29.4 Å². The van der Waals surface area contributed by atoms with E-state index < -0.39 is 68.2 Å². The van der Waals surface area contributed by atoms with Gasteiger partial charge in [-0.25, -0.2) is 9.97 Å². The van der Waals surface area contributed by atoms with Crippen LogP contribution in [0, 0.1) is 0 Å². The average Bonchev–Trinajstić information content (AvgIpc) is 1.21. The normalized spacial score (nSPS) is 17.1. The van der Waals surface area contributed by atoms with Crippen LogP contribution in [0.1, 0.15) is 92.3 Å². The van der Waals surface area contributed by atoms with Crippen LogP contribution >= 0.6 is 0 Å². The number of carbonyl (C=O) groups excluding carboxylic acids is 2. The summed E-state index contributed by atoms with van der Waals surface area (Å²) in [4.78, 5) is 56.3. The lowest BCUT2D eigenvalue weighted by molar-refractivity contribution is -0.118. The highest BCUT2D eigenvalue weighted by atomic mass is 28.4. The van der Waals surface area contributed by atoms with Crippen LogP contribution in [0.4, 0.5) is 11.9 Å². The summed E-state index contributed by atoms with van der Waals surface area (Å²) in [6.45, 7) is 10.6. The predicted molar refractivity (Wildman–Crippen MR) is 434 cm³/mol. The predicted octanol–water partition coefficient (Wildman–Crippen LogP) is 14.6.